The molecule has 0 aliphatic heterocycles. The van der Waals surface area contributed by atoms with Crippen molar-refractivity contribution < 1.29 is 13.5 Å². The Morgan fingerprint density at radius 1 is 1.42 bits per heavy atom. The van der Waals surface area contributed by atoms with Crippen LogP contribution in [-0.2, 0) is 16.6 Å². The van der Waals surface area contributed by atoms with Crippen LogP contribution in [0.15, 0.2) is 27.6 Å². The van der Waals surface area contributed by atoms with Crippen molar-refractivity contribution in [1.29, 1.82) is 0 Å². The normalized spacial score (nSPS) is 13.8. The molecule has 1 aromatic rings. The molecule has 0 aliphatic carbocycles. The highest BCUT2D eigenvalue weighted by molar-refractivity contribution is 9.10. The first-order valence-corrected chi connectivity index (χ1v) is 8.45. The number of benzene rings is 1. The zero-order valence-electron chi connectivity index (χ0n) is 11.4. The Balaban J connectivity index is 3.19. The second kappa shape index (κ2) is 6.83. The van der Waals surface area contributed by atoms with Crippen LogP contribution in [0.3, 0.4) is 0 Å². The Kier molecular flexibility index (Phi) is 5.98. The van der Waals surface area contributed by atoms with Gasteiger partial charge in [-0.05, 0) is 47.0 Å². The van der Waals surface area contributed by atoms with Crippen molar-refractivity contribution in [2.24, 2.45) is 0 Å². The lowest BCUT2D eigenvalue weighted by molar-refractivity contribution is 0.281. The minimum Gasteiger partial charge on any atom is -0.392 e. The summed E-state index contributed by atoms with van der Waals surface area (Å²) in [5.41, 5.74) is 0.582. The highest BCUT2D eigenvalue weighted by atomic mass is 79.9. The van der Waals surface area contributed by atoms with Crippen LogP contribution in [-0.4, -0.2) is 30.9 Å². The van der Waals surface area contributed by atoms with Gasteiger partial charge in [0, 0.05) is 17.6 Å². The quantitative estimate of drug-likeness (QED) is 0.858. The van der Waals surface area contributed by atoms with Crippen LogP contribution in [0.25, 0.3) is 0 Å². The standard InChI is InChI=1S/C13H20BrNO3S/c1-4-5-10(2)15(3)19(17,18)13-8-11(9-16)6-7-12(13)14/h6-8,10,16H,4-5,9H2,1-3H3. The highest BCUT2D eigenvalue weighted by Gasteiger charge is 2.27. The number of hydrogen-bond acceptors (Lipinski definition) is 3. The summed E-state index contributed by atoms with van der Waals surface area (Å²) in [7, 11) is -1.96. The molecule has 1 unspecified atom stereocenters. The Bertz CT molecular complexity index is 531. The van der Waals surface area contributed by atoms with Gasteiger partial charge in [-0.3, -0.25) is 0 Å². The first-order valence-electron chi connectivity index (χ1n) is 6.21. The molecule has 0 heterocycles. The second-order valence-corrected chi connectivity index (χ2v) is 7.40. The first kappa shape index (κ1) is 16.6. The number of aliphatic hydroxyl groups excluding tert-OH is 1. The van der Waals surface area contributed by atoms with E-state index in [0.717, 1.165) is 12.8 Å². The third-order valence-corrected chi connectivity index (χ3v) is 6.13. The van der Waals surface area contributed by atoms with Gasteiger partial charge < -0.3 is 5.11 Å². The number of aliphatic hydroxyl groups is 1. The molecule has 0 fully saturated rings. The van der Waals surface area contributed by atoms with Gasteiger partial charge in [0.2, 0.25) is 10.0 Å². The third kappa shape index (κ3) is 3.78. The maximum absolute atomic E-state index is 12.6. The van der Waals surface area contributed by atoms with E-state index in [0.29, 0.717) is 10.0 Å². The van der Waals surface area contributed by atoms with Crippen molar-refractivity contribution in [1.82, 2.24) is 4.31 Å². The van der Waals surface area contributed by atoms with Crippen LogP contribution in [0.4, 0.5) is 0 Å². The topological polar surface area (TPSA) is 57.6 Å². The van der Waals surface area contributed by atoms with Crippen molar-refractivity contribution >= 4 is 26.0 Å². The van der Waals surface area contributed by atoms with E-state index in [9.17, 15) is 8.42 Å². The summed E-state index contributed by atoms with van der Waals surface area (Å²) in [6.07, 6.45) is 1.74. The molecule has 1 N–H and O–H groups in total. The molecular weight excluding hydrogens is 330 g/mol. The van der Waals surface area contributed by atoms with Gasteiger partial charge in [-0.25, -0.2) is 8.42 Å². The molecule has 19 heavy (non-hydrogen) atoms. The smallest absolute Gasteiger partial charge is 0.244 e. The summed E-state index contributed by atoms with van der Waals surface area (Å²) in [5, 5.41) is 9.13. The molecule has 108 valence electrons. The van der Waals surface area contributed by atoms with Crippen molar-refractivity contribution in [2.75, 3.05) is 7.05 Å². The average Bonchev–Trinajstić information content (AvgIpc) is 2.38. The maximum atomic E-state index is 12.6. The lowest BCUT2D eigenvalue weighted by Gasteiger charge is -2.24. The Hall–Kier alpha value is -0.430. The fourth-order valence-electron chi connectivity index (χ4n) is 1.84. The van der Waals surface area contributed by atoms with E-state index >= 15 is 0 Å². The van der Waals surface area contributed by atoms with E-state index in [1.807, 2.05) is 13.8 Å². The molecule has 1 aromatic carbocycles. The molecule has 4 nitrogen and oxygen atoms in total. The molecule has 1 atom stereocenters. The molecule has 0 bridgehead atoms. The zero-order chi connectivity index (χ0) is 14.6. The molecule has 0 saturated carbocycles. The number of rotatable bonds is 6. The molecule has 0 saturated heterocycles. The SMILES string of the molecule is CCCC(C)N(C)S(=O)(=O)c1cc(CO)ccc1Br. The van der Waals surface area contributed by atoms with Crippen LogP contribution >= 0.6 is 15.9 Å². The first-order chi connectivity index (χ1) is 8.84. The van der Waals surface area contributed by atoms with E-state index in [1.54, 1.807) is 19.2 Å². The summed E-state index contributed by atoms with van der Waals surface area (Å²) in [5.74, 6) is 0. The van der Waals surface area contributed by atoms with Crippen LogP contribution in [0.1, 0.15) is 32.3 Å². The van der Waals surface area contributed by atoms with Crippen molar-refractivity contribution in [2.45, 2.75) is 44.2 Å². The van der Waals surface area contributed by atoms with E-state index in [-0.39, 0.29) is 17.5 Å². The molecule has 0 amide bonds. The fourth-order valence-corrected chi connectivity index (χ4v) is 4.20. The lowest BCUT2D eigenvalue weighted by atomic mass is 10.2. The van der Waals surface area contributed by atoms with E-state index in [1.165, 1.54) is 10.4 Å². The largest absolute Gasteiger partial charge is 0.392 e. The summed E-state index contributed by atoms with van der Waals surface area (Å²) in [6, 6.07) is 4.80. The van der Waals surface area contributed by atoms with Crippen molar-refractivity contribution in [3.63, 3.8) is 0 Å². The Morgan fingerprint density at radius 3 is 2.58 bits per heavy atom. The molecule has 0 spiro atoms. The minimum absolute atomic E-state index is 0.0558. The molecule has 0 radical (unpaired) electrons. The van der Waals surface area contributed by atoms with Crippen LogP contribution in [0.5, 0.6) is 0 Å². The minimum atomic E-state index is -3.55. The van der Waals surface area contributed by atoms with Gasteiger partial charge in [-0.1, -0.05) is 19.4 Å². The molecule has 0 aromatic heterocycles. The predicted molar refractivity (Wildman–Crippen MR) is 79.4 cm³/mol. The van der Waals surface area contributed by atoms with Gasteiger partial charge >= 0.3 is 0 Å². The lowest BCUT2D eigenvalue weighted by Crippen LogP contribution is -2.35. The second-order valence-electron chi connectivity index (χ2n) is 4.58. The summed E-state index contributed by atoms with van der Waals surface area (Å²) >= 11 is 3.26. The van der Waals surface area contributed by atoms with Crippen LogP contribution < -0.4 is 0 Å². The molecule has 6 heteroatoms. The highest BCUT2D eigenvalue weighted by Crippen LogP contribution is 2.27. The fraction of sp³-hybridized carbons (Fsp3) is 0.538. The number of sulfonamides is 1. The summed E-state index contributed by atoms with van der Waals surface area (Å²) in [6.45, 7) is 3.74. The van der Waals surface area contributed by atoms with Crippen LogP contribution in [0.2, 0.25) is 0 Å². The Morgan fingerprint density at radius 2 is 2.05 bits per heavy atom. The number of halogens is 1. The van der Waals surface area contributed by atoms with Gasteiger partial charge in [0.1, 0.15) is 0 Å². The number of nitrogens with zero attached hydrogens (tertiary/aromatic N) is 1. The van der Waals surface area contributed by atoms with Crippen molar-refractivity contribution in [3.05, 3.63) is 28.2 Å². The third-order valence-electron chi connectivity index (χ3n) is 3.16. The van der Waals surface area contributed by atoms with Gasteiger partial charge in [-0.15, -0.1) is 0 Å². The van der Waals surface area contributed by atoms with Crippen molar-refractivity contribution in [3.8, 4) is 0 Å². The van der Waals surface area contributed by atoms with Gasteiger partial charge in [0.25, 0.3) is 0 Å². The van der Waals surface area contributed by atoms with E-state index in [2.05, 4.69) is 15.9 Å². The predicted octanol–water partition coefficient (Wildman–Crippen LogP) is 2.75. The van der Waals surface area contributed by atoms with E-state index in [4.69, 9.17) is 5.11 Å². The zero-order valence-corrected chi connectivity index (χ0v) is 13.8. The summed E-state index contributed by atoms with van der Waals surface area (Å²) < 4.78 is 27.0. The number of hydrogen-bond donors (Lipinski definition) is 1. The summed E-state index contributed by atoms with van der Waals surface area (Å²) in [4.78, 5) is 0.199. The molecule has 0 aliphatic rings. The van der Waals surface area contributed by atoms with Gasteiger partial charge in [-0.2, -0.15) is 4.31 Å². The Labute approximate surface area is 123 Å². The maximum Gasteiger partial charge on any atom is 0.244 e. The molecular formula is C13H20BrNO3S. The van der Waals surface area contributed by atoms with Crippen LogP contribution in [0, 0.1) is 0 Å². The molecule has 1 rings (SSSR count). The monoisotopic (exact) mass is 349 g/mol. The van der Waals surface area contributed by atoms with Gasteiger partial charge in [0.15, 0.2) is 0 Å². The average molecular weight is 350 g/mol. The van der Waals surface area contributed by atoms with E-state index < -0.39 is 10.0 Å². The van der Waals surface area contributed by atoms with Gasteiger partial charge in [0.05, 0.1) is 11.5 Å².